The van der Waals surface area contributed by atoms with Gasteiger partial charge in [0.1, 0.15) is 5.82 Å². The van der Waals surface area contributed by atoms with E-state index in [4.69, 9.17) is 9.84 Å². The molecular formula is C17H26N6O. The van der Waals surface area contributed by atoms with E-state index in [0.29, 0.717) is 5.78 Å². The summed E-state index contributed by atoms with van der Waals surface area (Å²) in [5, 5.41) is 4.77. The molecule has 2 fully saturated rings. The molecule has 2 aliphatic heterocycles. The average molecular weight is 330 g/mol. The van der Waals surface area contributed by atoms with Gasteiger partial charge in [0.15, 0.2) is 5.82 Å². The van der Waals surface area contributed by atoms with Crippen LogP contribution < -0.4 is 4.90 Å². The fourth-order valence-corrected chi connectivity index (χ4v) is 3.72. The molecule has 0 aromatic carbocycles. The zero-order chi connectivity index (χ0) is 16.5. The Balaban J connectivity index is 1.61. The van der Waals surface area contributed by atoms with Gasteiger partial charge in [-0.05, 0) is 32.2 Å². The van der Waals surface area contributed by atoms with Gasteiger partial charge in [-0.1, -0.05) is 6.92 Å². The minimum absolute atomic E-state index is 0.705. The van der Waals surface area contributed by atoms with Crippen molar-refractivity contribution >= 4 is 11.6 Å². The summed E-state index contributed by atoms with van der Waals surface area (Å²) >= 11 is 0. The topological polar surface area (TPSA) is 58.8 Å². The van der Waals surface area contributed by atoms with E-state index >= 15 is 0 Å². The van der Waals surface area contributed by atoms with E-state index in [1.165, 1.54) is 12.8 Å². The molecule has 4 heterocycles. The zero-order valence-electron chi connectivity index (χ0n) is 14.6. The molecule has 2 aromatic heterocycles. The van der Waals surface area contributed by atoms with Gasteiger partial charge in [-0.2, -0.15) is 9.50 Å². The number of hydrogen-bond donors (Lipinski definition) is 0. The van der Waals surface area contributed by atoms with Gasteiger partial charge in [0.05, 0.1) is 19.8 Å². The molecule has 0 spiro atoms. The van der Waals surface area contributed by atoms with Crippen molar-refractivity contribution in [1.29, 1.82) is 0 Å². The van der Waals surface area contributed by atoms with Crippen molar-refractivity contribution in [1.82, 2.24) is 24.5 Å². The van der Waals surface area contributed by atoms with Crippen molar-refractivity contribution in [2.75, 3.05) is 44.3 Å². The minimum Gasteiger partial charge on any atom is -0.378 e. The predicted octanol–water partition coefficient (Wildman–Crippen LogP) is 1.50. The van der Waals surface area contributed by atoms with E-state index in [1.807, 2.05) is 11.4 Å². The number of anilines is 1. The Labute approximate surface area is 142 Å². The fraction of sp³-hybridized carbons (Fsp3) is 0.706. The van der Waals surface area contributed by atoms with Gasteiger partial charge in [-0.3, -0.25) is 4.90 Å². The number of hydrogen-bond acceptors (Lipinski definition) is 6. The van der Waals surface area contributed by atoms with E-state index < -0.39 is 0 Å². The van der Waals surface area contributed by atoms with E-state index in [0.717, 1.165) is 69.2 Å². The number of rotatable bonds is 3. The summed E-state index contributed by atoms with van der Waals surface area (Å²) in [4.78, 5) is 14.0. The summed E-state index contributed by atoms with van der Waals surface area (Å²) < 4.78 is 7.37. The molecule has 0 N–H and O–H groups in total. The number of likely N-dealkylation sites (tertiary alicyclic amines) is 1. The Hall–Kier alpha value is -1.73. The van der Waals surface area contributed by atoms with Crippen LogP contribution in [0.4, 0.5) is 5.82 Å². The molecule has 7 nitrogen and oxygen atoms in total. The first-order valence-electron chi connectivity index (χ1n) is 8.97. The van der Waals surface area contributed by atoms with E-state index in [1.54, 1.807) is 0 Å². The molecule has 4 rings (SSSR count). The Morgan fingerprint density at radius 1 is 1.21 bits per heavy atom. The molecule has 0 amide bonds. The highest BCUT2D eigenvalue weighted by atomic mass is 16.5. The smallest absolute Gasteiger partial charge is 0.254 e. The summed E-state index contributed by atoms with van der Waals surface area (Å²) in [6.45, 7) is 10.7. The van der Waals surface area contributed by atoms with Crippen molar-refractivity contribution < 1.29 is 4.74 Å². The molecule has 0 saturated carbocycles. The van der Waals surface area contributed by atoms with Crippen LogP contribution in [0.2, 0.25) is 0 Å². The van der Waals surface area contributed by atoms with Gasteiger partial charge in [0, 0.05) is 31.4 Å². The third kappa shape index (κ3) is 3.23. The summed E-state index contributed by atoms with van der Waals surface area (Å²) in [5.74, 6) is 3.42. The lowest BCUT2D eigenvalue weighted by Gasteiger charge is -2.29. The highest BCUT2D eigenvalue weighted by Crippen LogP contribution is 2.20. The summed E-state index contributed by atoms with van der Waals surface area (Å²) in [6, 6.07) is 2.10. The highest BCUT2D eigenvalue weighted by Gasteiger charge is 2.21. The van der Waals surface area contributed by atoms with Crippen molar-refractivity contribution in [2.24, 2.45) is 5.92 Å². The van der Waals surface area contributed by atoms with Crippen LogP contribution in [0.15, 0.2) is 6.07 Å². The van der Waals surface area contributed by atoms with Gasteiger partial charge < -0.3 is 9.64 Å². The molecule has 2 saturated heterocycles. The summed E-state index contributed by atoms with van der Waals surface area (Å²) in [6.07, 6.45) is 2.60. The van der Waals surface area contributed by atoms with Gasteiger partial charge in [0.2, 0.25) is 0 Å². The molecule has 0 radical (unpaired) electrons. The Morgan fingerprint density at radius 2 is 2.04 bits per heavy atom. The van der Waals surface area contributed by atoms with Gasteiger partial charge >= 0.3 is 0 Å². The van der Waals surface area contributed by atoms with Crippen LogP contribution in [0.5, 0.6) is 0 Å². The van der Waals surface area contributed by atoms with E-state index in [2.05, 4.69) is 32.8 Å². The SMILES string of the molecule is Cc1cc(N2CCOCC2)n2nc(CN3CCC[C@H](C)C3)nc2n1. The van der Waals surface area contributed by atoms with Crippen molar-refractivity contribution in [3.05, 3.63) is 17.6 Å². The first-order chi connectivity index (χ1) is 11.7. The summed E-state index contributed by atoms with van der Waals surface area (Å²) in [5.41, 5.74) is 0.981. The normalized spacial score (nSPS) is 23.1. The highest BCUT2D eigenvalue weighted by molar-refractivity contribution is 5.47. The number of morpholine rings is 1. The van der Waals surface area contributed by atoms with Crippen molar-refractivity contribution in [3.63, 3.8) is 0 Å². The maximum absolute atomic E-state index is 5.47. The quantitative estimate of drug-likeness (QED) is 0.850. The first-order valence-corrected chi connectivity index (χ1v) is 8.97. The second-order valence-electron chi connectivity index (χ2n) is 7.08. The molecule has 2 aliphatic rings. The van der Waals surface area contributed by atoms with Crippen molar-refractivity contribution in [2.45, 2.75) is 33.2 Å². The van der Waals surface area contributed by atoms with Crippen LogP contribution >= 0.6 is 0 Å². The lowest BCUT2D eigenvalue weighted by atomic mass is 10.0. The molecule has 0 bridgehead atoms. The number of aryl methyl sites for hydroxylation is 1. The first kappa shape index (κ1) is 15.8. The maximum atomic E-state index is 5.47. The van der Waals surface area contributed by atoms with Crippen LogP contribution in [0, 0.1) is 12.8 Å². The number of piperidine rings is 1. The monoisotopic (exact) mass is 330 g/mol. The average Bonchev–Trinajstić information content (AvgIpc) is 2.97. The molecule has 2 aromatic rings. The van der Waals surface area contributed by atoms with Gasteiger partial charge in [-0.15, -0.1) is 5.10 Å². The standard InChI is InChI=1S/C17H26N6O/c1-13-4-3-5-21(11-13)12-15-19-17-18-14(2)10-16(23(17)20-15)22-6-8-24-9-7-22/h10,13H,3-9,11-12H2,1-2H3/t13-/m0/s1. The Morgan fingerprint density at radius 3 is 2.83 bits per heavy atom. The molecule has 1 atom stereocenters. The van der Waals surface area contributed by atoms with Gasteiger partial charge in [-0.25, -0.2) is 4.98 Å². The van der Waals surface area contributed by atoms with E-state index in [-0.39, 0.29) is 0 Å². The number of aromatic nitrogens is 4. The van der Waals surface area contributed by atoms with Crippen molar-refractivity contribution in [3.8, 4) is 0 Å². The third-order valence-electron chi connectivity index (χ3n) is 4.91. The Bertz CT molecular complexity index is 708. The fourth-order valence-electron chi connectivity index (χ4n) is 3.72. The second kappa shape index (κ2) is 6.64. The third-order valence-corrected chi connectivity index (χ3v) is 4.91. The Kier molecular flexibility index (Phi) is 4.37. The number of ether oxygens (including phenoxy) is 1. The molecule has 130 valence electrons. The van der Waals surface area contributed by atoms with Gasteiger partial charge in [0.25, 0.3) is 5.78 Å². The van der Waals surface area contributed by atoms with Crippen LogP contribution in [0.3, 0.4) is 0 Å². The number of nitrogens with zero attached hydrogens (tertiary/aromatic N) is 6. The number of fused-ring (bicyclic) bond motifs is 1. The lowest BCUT2D eigenvalue weighted by Crippen LogP contribution is -2.37. The second-order valence-corrected chi connectivity index (χ2v) is 7.08. The zero-order valence-corrected chi connectivity index (χ0v) is 14.6. The van der Waals surface area contributed by atoms with Crippen LogP contribution in [-0.4, -0.2) is 63.9 Å². The van der Waals surface area contributed by atoms with Crippen LogP contribution in [0.25, 0.3) is 5.78 Å². The molecular weight excluding hydrogens is 304 g/mol. The molecule has 7 heteroatoms. The minimum atomic E-state index is 0.705. The lowest BCUT2D eigenvalue weighted by molar-refractivity contribution is 0.122. The summed E-state index contributed by atoms with van der Waals surface area (Å²) in [7, 11) is 0. The largest absolute Gasteiger partial charge is 0.378 e. The predicted molar refractivity (Wildman–Crippen MR) is 92.2 cm³/mol. The molecule has 0 aliphatic carbocycles. The van der Waals surface area contributed by atoms with E-state index in [9.17, 15) is 0 Å². The van der Waals surface area contributed by atoms with Crippen LogP contribution in [-0.2, 0) is 11.3 Å². The van der Waals surface area contributed by atoms with Crippen LogP contribution in [0.1, 0.15) is 31.3 Å². The maximum Gasteiger partial charge on any atom is 0.254 e. The molecule has 24 heavy (non-hydrogen) atoms. The molecule has 0 unspecified atom stereocenters.